The molecule has 1 N–H and O–H groups in total. The van der Waals surface area contributed by atoms with E-state index in [2.05, 4.69) is 6.58 Å². The molecule has 6 heteroatoms. The molecule has 22 heavy (non-hydrogen) atoms. The quantitative estimate of drug-likeness (QED) is 0.502. The van der Waals surface area contributed by atoms with Crippen molar-refractivity contribution in [3.63, 3.8) is 0 Å². The lowest BCUT2D eigenvalue weighted by Gasteiger charge is -2.19. The number of non-ortho nitro benzene ring substituents is 1. The van der Waals surface area contributed by atoms with Gasteiger partial charge >= 0.3 is 5.97 Å². The lowest BCUT2D eigenvalue weighted by molar-refractivity contribution is -0.385. The van der Waals surface area contributed by atoms with E-state index >= 15 is 0 Å². The zero-order valence-electron chi connectivity index (χ0n) is 11.5. The van der Waals surface area contributed by atoms with Crippen molar-refractivity contribution in [3.05, 3.63) is 82.4 Å². The summed E-state index contributed by atoms with van der Waals surface area (Å²) in [6.45, 7) is 3.51. The second-order valence-corrected chi connectivity index (χ2v) is 4.49. The predicted molar refractivity (Wildman–Crippen MR) is 79.7 cm³/mol. The van der Waals surface area contributed by atoms with Crippen LogP contribution in [0.2, 0.25) is 0 Å². The number of hydrogen-bond donors (Lipinski definition) is 1. The summed E-state index contributed by atoms with van der Waals surface area (Å²) in [5.41, 5.74) is 0.00662. The van der Waals surface area contributed by atoms with E-state index in [0.29, 0.717) is 11.3 Å². The second kappa shape index (κ2) is 6.53. The SMILES string of the molecule is C=C(C(=O)O)C(Oc1ccccc1)c1cccc([N+](=O)[O-])c1. The second-order valence-electron chi connectivity index (χ2n) is 4.49. The van der Waals surface area contributed by atoms with Crippen molar-refractivity contribution in [2.45, 2.75) is 6.10 Å². The number of hydrogen-bond acceptors (Lipinski definition) is 4. The summed E-state index contributed by atoms with van der Waals surface area (Å²) in [5.74, 6) is -0.783. The van der Waals surface area contributed by atoms with Crippen molar-refractivity contribution in [2.24, 2.45) is 0 Å². The maximum atomic E-state index is 11.2. The molecule has 1 unspecified atom stereocenters. The molecule has 0 aliphatic heterocycles. The van der Waals surface area contributed by atoms with Gasteiger partial charge in [-0.05, 0) is 12.1 Å². The summed E-state index contributed by atoms with van der Waals surface area (Å²) in [6.07, 6.45) is -1.01. The van der Waals surface area contributed by atoms with Gasteiger partial charge in [0.2, 0.25) is 0 Å². The monoisotopic (exact) mass is 299 g/mol. The Morgan fingerprint density at radius 1 is 1.18 bits per heavy atom. The molecule has 2 aromatic rings. The van der Waals surface area contributed by atoms with Crippen LogP contribution >= 0.6 is 0 Å². The molecule has 0 heterocycles. The van der Waals surface area contributed by atoms with Gasteiger partial charge in [-0.3, -0.25) is 10.1 Å². The zero-order valence-corrected chi connectivity index (χ0v) is 11.5. The molecule has 2 rings (SSSR count). The number of rotatable bonds is 6. The van der Waals surface area contributed by atoms with Crippen LogP contribution in [0, 0.1) is 10.1 Å². The number of nitro benzene ring substituents is 1. The highest BCUT2D eigenvalue weighted by atomic mass is 16.6. The van der Waals surface area contributed by atoms with Crippen molar-refractivity contribution in [3.8, 4) is 5.75 Å². The van der Waals surface area contributed by atoms with Crippen molar-refractivity contribution < 1.29 is 19.6 Å². The number of aliphatic carboxylic acids is 1. The van der Waals surface area contributed by atoms with Crippen molar-refractivity contribution in [1.29, 1.82) is 0 Å². The van der Waals surface area contributed by atoms with E-state index in [9.17, 15) is 14.9 Å². The molecule has 2 aromatic carbocycles. The largest absolute Gasteiger partial charge is 0.481 e. The van der Waals surface area contributed by atoms with Gasteiger partial charge in [0.15, 0.2) is 6.10 Å². The van der Waals surface area contributed by atoms with Gasteiger partial charge in [-0.2, -0.15) is 0 Å². The van der Waals surface area contributed by atoms with Crippen LogP contribution in [0.1, 0.15) is 11.7 Å². The van der Waals surface area contributed by atoms with Crippen molar-refractivity contribution in [2.75, 3.05) is 0 Å². The lowest BCUT2D eigenvalue weighted by Crippen LogP contribution is -2.16. The van der Waals surface area contributed by atoms with Crippen LogP contribution in [0.5, 0.6) is 5.75 Å². The highest BCUT2D eigenvalue weighted by Gasteiger charge is 2.24. The molecular weight excluding hydrogens is 286 g/mol. The van der Waals surface area contributed by atoms with Gasteiger partial charge in [-0.15, -0.1) is 0 Å². The molecule has 0 spiro atoms. The molecule has 6 nitrogen and oxygen atoms in total. The Balaban J connectivity index is 2.40. The van der Waals surface area contributed by atoms with E-state index < -0.39 is 17.0 Å². The summed E-state index contributed by atoms with van der Waals surface area (Å²) < 4.78 is 5.66. The summed E-state index contributed by atoms with van der Waals surface area (Å²) in [6, 6.07) is 14.2. The number of nitrogens with zero attached hydrogens (tertiary/aromatic N) is 1. The normalized spacial score (nSPS) is 11.5. The fraction of sp³-hybridized carbons (Fsp3) is 0.0625. The smallest absolute Gasteiger partial charge is 0.335 e. The minimum absolute atomic E-state index is 0.141. The van der Waals surface area contributed by atoms with Crippen LogP contribution < -0.4 is 4.74 Å². The van der Waals surface area contributed by atoms with Crippen LogP contribution in [0.25, 0.3) is 0 Å². The van der Waals surface area contributed by atoms with Gasteiger partial charge < -0.3 is 9.84 Å². The predicted octanol–water partition coefficient (Wildman–Crippen LogP) is 3.36. The molecule has 1 atom stereocenters. The Labute approximate surface area is 126 Å². The number of carbonyl (C=O) groups is 1. The van der Waals surface area contributed by atoms with Gasteiger partial charge in [-0.25, -0.2) is 4.79 Å². The third-order valence-corrected chi connectivity index (χ3v) is 2.97. The molecule has 0 aliphatic rings. The third-order valence-electron chi connectivity index (χ3n) is 2.97. The molecular formula is C16H13NO5. The van der Waals surface area contributed by atoms with E-state index in [4.69, 9.17) is 9.84 Å². The van der Waals surface area contributed by atoms with E-state index in [0.717, 1.165) is 0 Å². The molecule has 0 bridgehead atoms. The van der Waals surface area contributed by atoms with Crippen LogP contribution in [0.4, 0.5) is 5.69 Å². The van der Waals surface area contributed by atoms with Gasteiger partial charge in [-0.1, -0.05) is 36.9 Å². The minimum Gasteiger partial charge on any atom is -0.481 e. The van der Waals surface area contributed by atoms with Crippen LogP contribution in [0.3, 0.4) is 0 Å². The van der Waals surface area contributed by atoms with Crippen molar-refractivity contribution in [1.82, 2.24) is 0 Å². The standard InChI is InChI=1S/C16H13NO5/c1-11(16(18)19)15(22-14-8-3-2-4-9-14)12-6-5-7-13(10-12)17(20)21/h2-10,15H,1H2,(H,18,19). The number of carboxylic acid groups (broad SMARTS) is 1. The maximum Gasteiger partial charge on any atom is 0.335 e. The third kappa shape index (κ3) is 3.49. The van der Waals surface area contributed by atoms with E-state index in [1.165, 1.54) is 18.2 Å². The molecule has 0 saturated carbocycles. The Kier molecular flexibility index (Phi) is 4.53. The van der Waals surface area contributed by atoms with Crippen molar-refractivity contribution >= 4 is 11.7 Å². The van der Waals surface area contributed by atoms with E-state index in [-0.39, 0.29) is 11.3 Å². The average Bonchev–Trinajstić information content (AvgIpc) is 2.53. The summed E-state index contributed by atoms with van der Waals surface area (Å²) in [7, 11) is 0. The van der Waals surface area contributed by atoms with E-state index in [1.807, 2.05) is 0 Å². The number of carboxylic acids is 1. The average molecular weight is 299 g/mol. The molecule has 0 fully saturated rings. The Morgan fingerprint density at radius 2 is 1.86 bits per heavy atom. The molecule has 112 valence electrons. The van der Waals surface area contributed by atoms with Gasteiger partial charge in [0.05, 0.1) is 10.5 Å². The highest BCUT2D eigenvalue weighted by molar-refractivity contribution is 5.87. The molecule has 0 radical (unpaired) electrons. The van der Waals surface area contributed by atoms with Gasteiger partial charge in [0, 0.05) is 17.7 Å². The van der Waals surface area contributed by atoms with Crippen LogP contribution in [-0.4, -0.2) is 16.0 Å². The summed E-state index contributed by atoms with van der Waals surface area (Å²) in [4.78, 5) is 21.5. The summed E-state index contributed by atoms with van der Waals surface area (Å²) in [5, 5.41) is 20.0. The summed E-state index contributed by atoms with van der Waals surface area (Å²) >= 11 is 0. The van der Waals surface area contributed by atoms with E-state index in [1.54, 1.807) is 36.4 Å². The van der Waals surface area contributed by atoms with Gasteiger partial charge in [0.1, 0.15) is 5.75 Å². The molecule has 0 aliphatic carbocycles. The molecule has 0 amide bonds. The number of ether oxygens (including phenoxy) is 1. The Morgan fingerprint density at radius 3 is 2.45 bits per heavy atom. The number of para-hydroxylation sites is 1. The first-order valence-corrected chi connectivity index (χ1v) is 6.37. The minimum atomic E-state index is -1.23. The maximum absolute atomic E-state index is 11.2. The highest BCUT2D eigenvalue weighted by Crippen LogP contribution is 2.29. The topological polar surface area (TPSA) is 89.7 Å². The first kappa shape index (κ1) is 15.2. The fourth-order valence-electron chi connectivity index (χ4n) is 1.89. The lowest BCUT2D eigenvalue weighted by atomic mass is 10.0. The Hall–Kier alpha value is -3.15. The Bertz CT molecular complexity index is 711. The molecule has 0 aromatic heterocycles. The first-order chi connectivity index (χ1) is 10.5. The number of benzene rings is 2. The van der Waals surface area contributed by atoms with Gasteiger partial charge in [0.25, 0.3) is 5.69 Å². The van der Waals surface area contributed by atoms with Crippen LogP contribution in [0.15, 0.2) is 66.7 Å². The molecule has 0 saturated heterocycles. The number of nitro groups is 1. The zero-order chi connectivity index (χ0) is 16.1. The fourth-order valence-corrected chi connectivity index (χ4v) is 1.89. The van der Waals surface area contributed by atoms with Crippen LogP contribution in [-0.2, 0) is 4.79 Å². The first-order valence-electron chi connectivity index (χ1n) is 6.37.